The van der Waals surface area contributed by atoms with Crippen molar-refractivity contribution in [1.29, 1.82) is 0 Å². The van der Waals surface area contributed by atoms with Crippen molar-refractivity contribution in [1.82, 2.24) is 5.32 Å². The topological polar surface area (TPSA) is 29.1 Å². The van der Waals surface area contributed by atoms with Crippen LogP contribution < -0.4 is 5.32 Å². The van der Waals surface area contributed by atoms with Crippen LogP contribution in [0.2, 0.25) is 0 Å². The van der Waals surface area contributed by atoms with E-state index in [1.54, 1.807) is 6.08 Å². The lowest BCUT2D eigenvalue weighted by Gasteiger charge is -2.12. The molecule has 0 unspecified atom stereocenters. The smallest absolute Gasteiger partial charge is 0.187 e. The number of rotatable bonds is 6. The van der Waals surface area contributed by atoms with Gasteiger partial charge in [-0.25, -0.2) is 4.39 Å². The molecule has 25 heavy (non-hydrogen) atoms. The molecule has 0 amide bonds. The molecule has 0 heterocycles. The maximum atomic E-state index is 13.0. The van der Waals surface area contributed by atoms with Crippen LogP contribution in [0.3, 0.4) is 0 Å². The van der Waals surface area contributed by atoms with Gasteiger partial charge in [0, 0.05) is 23.9 Å². The van der Waals surface area contributed by atoms with E-state index < -0.39 is 0 Å². The summed E-state index contributed by atoms with van der Waals surface area (Å²) < 4.78 is 13.0. The van der Waals surface area contributed by atoms with Crippen LogP contribution >= 0.6 is 0 Å². The first kappa shape index (κ1) is 16.7. The summed E-state index contributed by atoms with van der Waals surface area (Å²) in [6.07, 6.45) is 1.56. The van der Waals surface area contributed by atoms with E-state index in [0.717, 1.165) is 16.8 Å². The fourth-order valence-electron chi connectivity index (χ4n) is 2.48. The van der Waals surface area contributed by atoms with Gasteiger partial charge in [0.1, 0.15) is 5.82 Å². The molecule has 2 nitrogen and oxygen atoms in total. The molecule has 1 N–H and O–H groups in total. The van der Waals surface area contributed by atoms with Crippen molar-refractivity contribution < 1.29 is 9.18 Å². The standard InChI is InChI=1S/C22H18FNO/c23-20-13-11-19(12-14-20)22(25)15-21(18-9-5-2-6-10-18)24-16-17-7-3-1-4-8-17/h1-15,24H,16H2/b21-15+. The Balaban J connectivity index is 1.85. The van der Waals surface area contributed by atoms with Crippen molar-refractivity contribution >= 4 is 11.5 Å². The van der Waals surface area contributed by atoms with Gasteiger partial charge in [-0.1, -0.05) is 60.7 Å². The number of benzene rings is 3. The van der Waals surface area contributed by atoms with Gasteiger partial charge in [0.15, 0.2) is 5.78 Å². The van der Waals surface area contributed by atoms with E-state index in [9.17, 15) is 9.18 Å². The maximum absolute atomic E-state index is 13.0. The zero-order chi connectivity index (χ0) is 17.5. The van der Waals surface area contributed by atoms with Gasteiger partial charge in [-0.05, 0) is 35.4 Å². The summed E-state index contributed by atoms with van der Waals surface area (Å²) >= 11 is 0. The van der Waals surface area contributed by atoms with E-state index in [-0.39, 0.29) is 11.6 Å². The van der Waals surface area contributed by atoms with Gasteiger partial charge in [-0.3, -0.25) is 4.79 Å². The van der Waals surface area contributed by atoms with Crippen LogP contribution in [0.1, 0.15) is 21.5 Å². The monoisotopic (exact) mass is 331 g/mol. The Hall–Kier alpha value is -3.20. The van der Waals surface area contributed by atoms with E-state index >= 15 is 0 Å². The molecule has 0 aliphatic heterocycles. The summed E-state index contributed by atoms with van der Waals surface area (Å²) in [4.78, 5) is 12.5. The van der Waals surface area contributed by atoms with Crippen LogP contribution in [0.5, 0.6) is 0 Å². The lowest BCUT2D eigenvalue weighted by Crippen LogP contribution is -2.13. The van der Waals surface area contributed by atoms with Crippen LogP contribution in [-0.4, -0.2) is 5.78 Å². The highest BCUT2D eigenvalue weighted by Gasteiger charge is 2.07. The number of carbonyl (C=O) groups is 1. The highest BCUT2D eigenvalue weighted by Crippen LogP contribution is 2.14. The fraction of sp³-hybridized carbons (Fsp3) is 0.0455. The summed E-state index contributed by atoms with van der Waals surface area (Å²) in [6, 6.07) is 25.2. The van der Waals surface area contributed by atoms with Gasteiger partial charge >= 0.3 is 0 Å². The second kappa shape index (κ2) is 8.06. The summed E-state index contributed by atoms with van der Waals surface area (Å²) in [7, 11) is 0. The molecule has 0 fully saturated rings. The molecular weight excluding hydrogens is 313 g/mol. The van der Waals surface area contributed by atoms with Crippen LogP contribution in [0.15, 0.2) is 91.0 Å². The third kappa shape index (κ3) is 4.64. The lowest BCUT2D eigenvalue weighted by atomic mass is 10.1. The summed E-state index contributed by atoms with van der Waals surface area (Å²) in [6.45, 7) is 0.609. The predicted molar refractivity (Wildman–Crippen MR) is 98.4 cm³/mol. The normalized spacial score (nSPS) is 11.2. The van der Waals surface area contributed by atoms with E-state index in [4.69, 9.17) is 0 Å². The van der Waals surface area contributed by atoms with Crippen molar-refractivity contribution in [2.45, 2.75) is 6.54 Å². The average Bonchev–Trinajstić information content (AvgIpc) is 2.67. The van der Waals surface area contributed by atoms with E-state index in [1.165, 1.54) is 24.3 Å². The number of hydrogen-bond acceptors (Lipinski definition) is 2. The Morgan fingerprint density at radius 1 is 0.800 bits per heavy atom. The van der Waals surface area contributed by atoms with Crippen molar-refractivity contribution in [2.75, 3.05) is 0 Å². The molecule has 0 radical (unpaired) electrons. The number of hydrogen-bond donors (Lipinski definition) is 1. The van der Waals surface area contributed by atoms with Gasteiger partial charge in [0.2, 0.25) is 0 Å². The number of ketones is 1. The quantitative estimate of drug-likeness (QED) is 0.517. The van der Waals surface area contributed by atoms with Gasteiger partial charge in [0.25, 0.3) is 0 Å². The second-order valence-electron chi connectivity index (χ2n) is 5.63. The van der Waals surface area contributed by atoms with Crippen LogP contribution in [0.4, 0.5) is 4.39 Å². The van der Waals surface area contributed by atoms with E-state index in [2.05, 4.69) is 5.32 Å². The molecule has 3 aromatic rings. The highest BCUT2D eigenvalue weighted by atomic mass is 19.1. The first-order chi connectivity index (χ1) is 12.2. The summed E-state index contributed by atoms with van der Waals surface area (Å²) in [5.41, 5.74) is 3.24. The van der Waals surface area contributed by atoms with Gasteiger partial charge in [0.05, 0.1) is 0 Å². The van der Waals surface area contributed by atoms with Crippen molar-refractivity contribution in [2.24, 2.45) is 0 Å². The molecule has 124 valence electrons. The van der Waals surface area contributed by atoms with Crippen molar-refractivity contribution in [3.63, 3.8) is 0 Å². The molecule has 3 aromatic carbocycles. The van der Waals surface area contributed by atoms with Crippen LogP contribution in [-0.2, 0) is 6.54 Å². The molecule has 0 saturated carbocycles. The zero-order valence-electron chi connectivity index (χ0n) is 13.7. The summed E-state index contributed by atoms with van der Waals surface area (Å²) in [5, 5.41) is 3.33. The third-order valence-electron chi connectivity index (χ3n) is 3.81. The number of carbonyl (C=O) groups excluding carboxylic acids is 1. The second-order valence-corrected chi connectivity index (χ2v) is 5.63. The Morgan fingerprint density at radius 3 is 2.04 bits per heavy atom. The van der Waals surface area contributed by atoms with Crippen LogP contribution in [0, 0.1) is 5.82 Å². The Kier molecular flexibility index (Phi) is 5.37. The van der Waals surface area contributed by atoms with Crippen molar-refractivity contribution in [3.8, 4) is 0 Å². The minimum absolute atomic E-state index is 0.167. The highest BCUT2D eigenvalue weighted by molar-refractivity contribution is 6.08. The number of halogens is 1. The first-order valence-electron chi connectivity index (χ1n) is 8.07. The van der Waals surface area contributed by atoms with E-state index in [0.29, 0.717) is 12.1 Å². The SMILES string of the molecule is O=C(/C=C(/NCc1ccccc1)c1ccccc1)c1ccc(F)cc1. The van der Waals surface area contributed by atoms with Crippen molar-refractivity contribution in [3.05, 3.63) is 114 Å². The molecule has 0 aliphatic rings. The van der Waals surface area contributed by atoms with Gasteiger partial charge in [-0.2, -0.15) is 0 Å². The molecule has 0 aliphatic carbocycles. The Morgan fingerprint density at radius 2 is 1.40 bits per heavy atom. The predicted octanol–water partition coefficient (Wildman–Crippen LogP) is 4.84. The largest absolute Gasteiger partial charge is 0.380 e. The molecular formula is C22H18FNO. The summed E-state index contributed by atoms with van der Waals surface area (Å²) in [5.74, 6) is -0.523. The average molecular weight is 331 g/mol. The minimum Gasteiger partial charge on any atom is -0.380 e. The van der Waals surface area contributed by atoms with E-state index in [1.807, 2.05) is 60.7 Å². The molecule has 3 heteroatoms. The molecule has 0 atom stereocenters. The van der Waals surface area contributed by atoms with Gasteiger partial charge < -0.3 is 5.32 Å². The maximum Gasteiger partial charge on any atom is 0.187 e. The number of allylic oxidation sites excluding steroid dienone is 1. The molecule has 0 saturated heterocycles. The molecule has 3 rings (SSSR count). The first-order valence-corrected chi connectivity index (χ1v) is 8.07. The molecule has 0 spiro atoms. The Bertz CT molecular complexity index is 856. The lowest BCUT2D eigenvalue weighted by molar-refractivity contribution is 0.104. The fourth-order valence-corrected chi connectivity index (χ4v) is 2.48. The third-order valence-corrected chi connectivity index (χ3v) is 3.81. The number of nitrogens with one attached hydrogen (secondary N) is 1. The minimum atomic E-state index is -0.356. The Labute approximate surface area is 146 Å². The molecule has 0 aromatic heterocycles. The molecule has 0 bridgehead atoms. The zero-order valence-corrected chi connectivity index (χ0v) is 13.7. The van der Waals surface area contributed by atoms with Gasteiger partial charge in [-0.15, -0.1) is 0 Å². The van der Waals surface area contributed by atoms with Crippen LogP contribution in [0.25, 0.3) is 5.70 Å².